The van der Waals surface area contributed by atoms with Crippen molar-refractivity contribution in [1.29, 1.82) is 0 Å². The van der Waals surface area contributed by atoms with Crippen LogP contribution in [-0.2, 0) is 5.60 Å². The first-order valence-electron chi connectivity index (χ1n) is 7.36. The molecule has 0 amide bonds. The first-order valence-corrected chi connectivity index (χ1v) is 7.36. The van der Waals surface area contributed by atoms with Gasteiger partial charge in [-0.05, 0) is 45.0 Å². The van der Waals surface area contributed by atoms with Gasteiger partial charge in [0, 0.05) is 12.6 Å². The summed E-state index contributed by atoms with van der Waals surface area (Å²) in [5.74, 6) is 0. The molecular weight excluding hydrogens is 236 g/mol. The Kier molecular flexibility index (Phi) is 4.97. The van der Waals surface area contributed by atoms with E-state index in [1.165, 1.54) is 12.8 Å². The van der Waals surface area contributed by atoms with Gasteiger partial charge in [-0.25, -0.2) is 0 Å². The lowest BCUT2D eigenvalue weighted by Crippen LogP contribution is -2.48. The molecule has 1 aliphatic heterocycles. The minimum atomic E-state index is -0.776. The van der Waals surface area contributed by atoms with Crippen molar-refractivity contribution in [2.75, 3.05) is 26.2 Å². The van der Waals surface area contributed by atoms with Gasteiger partial charge in [0.15, 0.2) is 0 Å². The molecule has 0 radical (unpaired) electrons. The molecule has 0 bridgehead atoms. The minimum Gasteiger partial charge on any atom is -0.384 e. The lowest BCUT2D eigenvalue weighted by atomic mass is 9.93. The van der Waals surface area contributed by atoms with Crippen molar-refractivity contribution < 1.29 is 5.11 Å². The molecule has 1 heterocycles. The Hall–Kier alpha value is -0.900. The van der Waals surface area contributed by atoms with E-state index in [-0.39, 0.29) is 0 Å². The van der Waals surface area contributed by atoms with E-state index in [2.05, 4.69) is 17.1 Å². The number of hydrogen-bond acceptors (Lipinski definition) is 3. The maximum absolute atomic E-state index is 10.8. The summed E-state index contributed by atoms with van der Waals surface area (Å²) in [5, 5.41) is 14.2. The van der Waals surface area contributed by atoms with Crippen LogP contribution in [0.15, 0.2) is 30.3 Å². The van der Waals surface area contributed by atoms with Crippen LogP contribution in [0.3, 0.4) is 0 Å². The van der Waals surface area contributed by atoms with Gasteiger partial charge in [0.2, 0.25) is 0 Å². The summed E-state index contributed by atoms with van der Waals surface area (Å²) in [6, 6.07) is 10.6. The second kappa shape index (κ2) is 6.51. The molecule has 0 saturated carbocycles. The maximum Gasteiger partial charge on any atom is 0.0994 e. The second-order valence-electron chi connectivity index (χ2n) is 5.68. The normalized spacial score (nSPS) is 20.4. The summed E-state index contributed by atoms with van der Waals surface area (Å²) in [6.07, 6.45) is 2.36. The van der Waals surface area contributed by atoms with Gasteiger partial charge in [-0.1, -0.05) is 37.3 Å². The molecule has 0 aromatic heterocycles. The zero-order valence-corrected chi connectivity index (χ0v) is 12.1. The summed E-state index contributed by atoms with van der Waals surface area (Å²) in [5.41, 5.74) is 0.227. The largest absolute Gasteiger partial charge is 0.384 e. The lowest BCUT2D eigenvalue weighted by molar-refractivity contribution is -0.000809. The molecule has 0 aliphatic carbocycles. The van der Waals surface area contributed by atoms with Crippen molar-refractivity contribution in [3.05, 3.63) is 35.9 Å². The van der Waals surface area contributed by atoms with Crippen LogP contribution >= 0.6 is 0 Å². The van der Waals surface area contributed by atoms with Crippen LogP contribution in [0.1, 0.15) is 32.3 Å². The molecule has 3 heteroatoms. The number of aliphatic hydroxyl groups is 1. The number of rotatable bonds is 5. The summed E-state index contributed by atoms with van der Waals surface area (Å²) in [4.78, 5) is 2.42. The van der Waals surface area contributed by atoms with Crippen LogP contribution in [0.25, 0.3) is 0 Å². The van der Waals surface area contributed by atoms with E-state index in [4.69, 9.17) is 0 Å². The van der Waals surface area contributed by atoms with Crippen molar-refractivity contribution in [3.63, 3.8) is 0 Å². The highest BCUT2D eigenvalue weighted by Gasteiger charge is 2.29. The van der Waals surface area contributed by atoms with E-state index in [9.17, 15) is 5.11 Å². The average molecular weight is 262 g/mol. The standard InChI is InChI=1S/C16H26N2O/c1-3-18(15-9-11-17-12-10-15)13-16(2,19)14-7-5-4-6-8-14/h4-8,15,17,19H,3,9-13H2,1-2H3. The zero-order chi connectivity index (χ0) is 13.7. The molecule has 1 saturated heterocycles. The molecule has 19 heavy (non-hydrogen) atoms. The maximum atomic E-state index is 10.8. The molecule has 1 aliphatic rings. The van der Waals surface area contributed by atoms with Crippen LogP contribution < -0.4 is 5.32 Å². The zero-order valence-electron chi connectivity index (χ0n) is 12.1. The van der Waals surface area contributed by atoms with Crippen molar-refractivity contribution in [2.24, 2.45) is 0 Å². The first-order chi connectivity index (χ1) is 9.13. The molecule has 3 nitrogen and oxygen atoms in total. The number of piperidine rings is 1. The SMILES string of the molecule is CCN(CC(C)(O)c1ccccc1)C1CCNCC1. The third-order valence-corrected chi connectivity index (χ3v) is 4.14. The Balaban J connectivity index is 2.04. The molecule has 1 atom stereocenters. The van der Waals surface area contributed by atoms with E-state index in [0.717, 1.165) is 25.2 Å². The van der Waals surface area contributed by atoms with Crippen LogP contribution in [0.4, 0.5) is 0 Å². The smallest absolute Gasteiger partial charge is 0.0994 e. The van der Waals surface area contributed by atoms with Gasteiger partial charge < -0.3 is 10.4 Å². The minimum absolute atomic E-state index is 0.599. The molecule has 1 unspecified atom stereocenters. The number of hydrogen-bond donors (Lipinski definition) is 2. The van der Waals surface area contributed by atoms with Crippen molar-refractivity contribution in [1.82, 2.24) is 10.2 Å². The summed E-state index contributed by atoms with van der Waals surface area (Å²) in [6.45, 7) is 7.99. The third kappa shape index (κ3) is 3.78. The first kappa shape index (κ1) is 14.5. The Morgan fingerprint density at radius 2 is 1.89 bits per heavy atom. The lowest BCUT2D eigenvalue weighted by Gasteiger charge is -2.38. The Morgan fingerprint density at radius 3 is 2.47 bits per heavy atom. The Bertz CT molecular complexity index is 372. The van der Waals surface area contributed by atoms with Gasteiger partial charge in [-0.3, -0.25) is 4.90 Å². The monoisotopic (exact) mass is 262 g/mol. The Labute approximate surface area is 116 Å². The molecule has 1 fully saturated rings. The molecule has 0 spiro atoms. The van der Waals surface area contributed by atoms with Crippen molar-refractivity contribution in [3.8, 4) is 0 Å². The predicted molar refractivity (Wildman–Crippen MR) is 79.2 cm³/mol. The van der Waals surface area contributed by atoms with Gasteiger partial charge in [-0.2, -0.15) is 0 Å². The van der Waals surface area contributed by atoms with E-state index >= 15 is 0 Å². The molecule has 2 rings (SSSR count). The fraction of sp³-hybridized carbons (Fsp3) is 0.625. The van der Waals surface area contributed by atoms with Gasteiger partial charge in [0.05, 0.1) is 5.60 Å². The molecule has 106 valence electrons. The van der Waals surface area contributed by atoms with Gasteiger partial charge in [0.1, 0.15) is 0 Å². The van der Waals surface area contributed by atoms with Crippen molar-refractivity contribution >= 4 is 0 Å². The molecule has 2 N–H and O–H groups in total. The Morgan fingerprint density at radius 1 is 1.26 bits per heavy atom. The van der Waals surface area contributed by atoms with Crippen molar-refractivity contribution in [2.45, 2.75) is 38.3 Å². The molecule has 1 aromatic carbocycles. The van der Waals surface area contributed by atoms with Crippen LogP contribution in [0.5, 0.6) is 0 Å². The molecular formula is C16H26N2O. The van der Waals surface area contributed by atoms with E-state index in [1.807, 2.05) is 37.3 Å². The number of nitrogens with one attached hydrogen (secondary N) is 1. The quantitative estimate of drug-likeness (QED) is 0.851. The fourth-order valence-electron chi connectivity index (χ4n) is 2.95. The second-order valence-corrected chi connectivity index (χ2v) is 5.68. The van der Waals surface area contributed by atoms with Crippen LogP contribution in [0, 0.1) is 0 Å². The van der Waals surface area contributed by atoms with E-state index in [0.29, 0.717) is 12.6 Å². The number of likely N-dealkylation sites (N-methyl/N-ethyl adjacent to an activating group) is 1. The molecule has 1 aromatic rings. The average Bonchev–Trinajstić information content (AvgIpc) is 2.47. The highest BCUT2D eigenvalue weighted by atomic mass is 16.3. The number of benzene rings is 1. The van der Waals surface area contributed by atoms with E-state index in [1.54, 1.807) is 0 Å². The summed E-state index contributed by atoms with van der Waals surface area (Å²) in [7, 11) is 0. The van der Waals surface area contributed by atoms with Gasteiger partial charge in [-0.15, -0.1) is 0 Å². The van der Waals surface area contributed by atoms with Gasteiger partial charge in [0.25, 0.3) is 0 Å². The highest BCUT2D eigenvalue weighted by Crippen LogP contribution is 2.24. The topological polar surface area (TPSA) is 35.5 Å². The van der Waals surface area contributed by atoms with Crippen LogP contribution in [0.2, 0.25) is 0 Å². The fourth-order valence-corrected chi connectivity index (χ4v) is 2.95. The van der Waals surface area contributed by atoms with Crippen LogP contribution in [-0.4, -0.2) is 42.2 Å². The van der Waals surface area contributed by atoms with E-state index < -0.39 is 5.60 Å². The summed E-state index contributed by atoms with van der Waals surface area (Å²) < 4.78 is 0. The predicted octanol–water partition coefficient (Wildman–Crippen LogP) is 1.97. The number of nitrogens with zero attached hydrogens (tertiary/aromatic N) is 1. The highest BCUT2D eigenvalue weighted by molar-refractivity contribution is 5.21. The van der Waals surface area contributed by atoms with Gasteiger partial charge >= 0.3 is 0 Å². The summed E-state index contributed by atoms with van der Waals surface area (Å²) >= 11 is 0. The third-order valence-electron chi connectivity index (χ3n) is 4.14.